The van der Waals surface area contributed by atoms with Crippen molar-refractivity contribution in [2.75, 3.05) is 126 Å². The van der Waals surface area contributed by atoms with Gasteiger partial charge in [-0.3, -0.25) is 19.2 Å². The van der Waals surface area contributed by atoms with Crippen molar-refractivity contribution in [3.05, 3.63) is 120 Å². The molecule has 0 aromatic carbocycles. The molecule has 28 nitrogen and oxygen atoms in total. The van der Waals surface area contributed by atoms with E-state index in [1.807, 2.05) is 0 Å². The lowest BCUT2D eigenvalue weighted by Gasteiger charge is -2.41. The second kappa shape index (κ2) is 30.4. The Morgan fingerprint density at radius 3 is 1.17 bits per heavy atom. The minimum Gasteiger partial charge on any atom is -0.354 e. The highest BCUT2D eigenvalue weighted by Crippen LogP contribution is 2.33. The van der Waals surface area contributed by atoms with Crippen molar-refractivity contribution in [2.45, 2.75) is 77.4 Å². The van der Waals surface area contributed by atoms with Crippen LogP contribution in [0.2, 0.25) is 0 Å². The number of nitrogens with one attached hydrogen (secondary N) is 4. The molecular formula is C64H80N24O4. The van der Waals surface area contributed by atoms with Crippen molar-refractivity contribution in [3.63, 3.8) is 0 Å². The minimum atomic E-state index is -3.06. The lowest BCUT2D eigenvalue weighted by molar-refractivity contribution is -0.131. The lowest BCUT2D eigenvalue weighted by Crippen LogP contribution is -2.53. The second-order valence-electron chi connectivity index (χ2n) is 20.9. The summed E-state index contributed by atoms with van der Waals surface area (Å²) in [5.74, 6) is -10.8. The highest BCUT2D eigenvalue weighted by Gasteiger charge is 2.37. The van der Waals surface area contributed by atoms with Crippen LogP contribution in [0.4, 0.5) is 23.3 Å². The van der Waals surface area contributed by atoms with Crippen molar-refractivity contribution >= 4 is 91.0 Å². The first kappa shape index (κ1) is 35.2. The van der Waals surface area contributed by atoms with Gasteiger partial charge in [-0.2, -0.15) is 0 Å². The van der Waals surface area contributed by atoms with Gasteiger partial charge in [0.2, 0.25) is 0 Å². The normalized spacial score (nSPS) is 30.3. The molecule has 92 heavy (non-hydrogen) atoms. The Labute approximate surface area is 581 Å². The van der Waals surface area contributed by atoms with Crippen LogP contribution in [0.3, 0.4) is 0 Å². The molecule has 4 N–H and O–H groups in total. The van der Waals surface area contributed by atoms with Crippen LogP contribution in [-0.2, 0) is 19.2 Å². The molecule has 480 valence electrons. The maximum atomic E-state index is 12.6. The fourth-order valence-electron chi connectivity index (χ4n) is 10.5. The van der Waals surface area contributed by atoms with Gasteiger partial charge in [0.15, 0.2) is 0 Å². The molecule has 0 spiro atoms. The summed E-state index contributed by atoms with van der Waals surface area (Å²) < 4.78 is 264. The number of hydrogen-bond donors (Lipinski definition) is 4. The molecule has 12 rings (SSSR count). The van der Waals surface area contributed by atoms with E-state index in [0.29, 0.717) is 15.7 Å². The summed E-state index contributed by atoms with van der Waals surface area (Å²) in [6.45, 7) is 0.165. The van der Waals surface area contributed by atoms with E-state index in [2.05, 4.69) is 79.2 Å². The smallest absolute Gasteiger partial charge is 0.302 e. The number of carbonyl (C=O) groups is 4. The molecule has 0 saturated carbocycles. The number of amides is 4. The maximum absolute atomic E-state index is 12.6. The third kappa shape index (κ3) is 14.9. The van der Waals surface area contributed by atoms with Crippen molar-refractivity contribution in [1.82, 2.24) is 79.4 Å². The van der Waals surface area contributed by atoms with Crippen LogP contribution in [-0.4, -0.2) is 233 Å². The van der Waals surface area contributed by atoms with Gasteiger partial charge in [0, 0.05) is 132 Å². The number of H-pyrrole nitrogens is 4. The Balaban J connectivity index is 0.000000189. The highest BCUT2D eigenvalue weighted by molar-refractivity contribution is 5.90. The number of nitrogens with zero attached hydrogens (tertiary/aromatic N) is 20. The zero-order chi connectivity index (χ0) is 94.0. The molecule has 12 heterocycles. The van der Waals surface area contributed by atoms with Crippen LogP contribution in [0.15, 0.2) is 74.3 Å². The SMILES string of the molecule is [2H]c1nc(N(C([2H])([2H])[2H])[C@@]2([2H])CN(C(=O)C([2H])([2H])[N+]#[C-])CC[C@H]2C)c2cc[nH]c2n1.[2H]c1nc(N([C@H]2CN(C(=O)C([2H])([2H])[N+]#[C-])CC[C@@]2([2H])C([2H])([2H])[2H])C([2H])([2H])[2H])c2cc[nH]c2n1.[2H]c1nc(N([C@H]2CN(C(=O)C([2H])([2H])[N+]#[C-])CC[C@@]2([2H])C)C([2H])([2H])[2H])c2cc[nH]c2n1.[2H]c1nc(N([C@H]2CN(C(=O)C([2H])([2H])[N+]#[C-])CC[C@H]2C([2H])([2H])[2H])C([2H])([2H])[2H])c2cc[nH]c2n1. The average Bonchev–Trinajstić information content (AvgIpc) is 1.56. The topological polar surface area (TPSA) is 278 Å². The Morgan fingerprint density at radius 2 is 0.804 bits per heavy atom. The van der Waals surface area contributed by atoms with E-state index in [0.717, 1.165) is 34.3 Å². The minimum absolute atomic E-state index is 0.0201. The largest absolute Gasteiger partial charge is 0.354 e. The Morgan fingerprint density at radius 1 is 0.478 bits per heavy atom. The molecule has 28 heteroatoms. The predicted molar refractivity (Wildman–Crippen MR) is 352 cm³/mol. The molecule has 4 fully saturated rings. The van der Waals surface area contributed by atoms with Crippen molar-refractivity contribution in [2.24, 2.45) is 23.6 Å². The molecule has 8 aromatic heterocycles. The third-order valence-electron chi connectivity index (χ3n) is 15.5. The Kier molecular flexibility index (Phi) is 11.6. The molecule has 8 aromatic rings. The first-order valence-corrected chi connectivity index (χ1v) is 28.0. The van der Waals surface area contributed by atoms with E-state index < -0.39 is 190 Å². The van der Waals surface area contributed by atoms with Gasteiger partial charge in [-0.05, 0) is 73.6 Å². The summed E-state index contributed by atoms with van der Waals surface area (Å²) in [6, 6.07) is 0.00190. The van der Waals surface area contributed by atoms with Gasteiger partial charge in [0.1, 0.15) is 87.5 Å². The first-order valence-electron chi connectivity index (χ1n) is 44.5. The van der Waals surface area contributed by atoms with Gasteiger partial charge in [-0.25, -0.2) is 66.2 Å². The summed E-state index contributed by atoms with van der Waals surface area (Å²) in [6.07, 6.45) is 3.73. The average molecular weight is 1280 g/mol. The van der Waals surface area contributed by atoms with Crippen molar-refractivity contribution < 1.29 is 64.4 Å². The lowest BCUT2D eigenvalue weighted by atomic mass is 9.92. The van der Waals surface area contributed by atoms with Gasteiger partial charge < -0.3 is 78.5 Å². The molecule has 0 bridgehead atoms. The fraction of sp³-hybridized carbons (Fsp3) is 0.500. The summed E-state index contributed by atoms with van der Waals surface area (Å²) >= 11 is 0. The number of likely N-dealkylation sites (N-methyl/N-ethyl adjacent to an activating group) is 4. The molecule has 0 unspecified atom stereocenters. The number of hydrogen-bond acceptors (Lipinski definition) is 16. The number of aromatic nitrogens is 12. The number of fused-ring (bicyclic) bond motifs is 4. The van der Waals surface area contributed by atoms with E-state index in [1.165, 1.54) is 36.9 Å². The van der Waals surface area contributed by atoms with Gasteiger partial charge in [-0.15, -0.1) is 0 Å². The van der Waals surface area contributed by atoms with Crippen LogP contribution in [0.25, 0.3) is 63.5 Å². The van der Waals surface area contributed by atoms with Gasteiger partial charge in [0.25, 0.3) is 26.0 Å². The highest BCUT2D eigenvalue weighted by atomic mass is 16.2. The van der Waals surface area contributed by atoms with Gasteiger partial charge in [0.05, 0.1) is 47.1 Å². The molecule has 4 amide bonds. The van der Waals surface area contributed by atoms with Crippen molar-refractivity contribution in [3.8, 4) is 0 Å². The van der Waals surface area contributed by atoms with Crippen LogP contribution in [0.5, 0.6) is 0 Å². The molecule has 0 radical (unpaired) electrons. The maximum Gasteiger partial charge on any atom is 0.302 e. The third-order valence-corrected chi connectivity index (χ3v) is 15.5. The van der Waals surface area contributed by atoms with Crippen LogP contribution in [0, 0.1) is 49.9 Å². The summed E-state index contributed by atoms with van der Waals surface area (Å²) in [4.78, 5) is 111. The van der Waals surface area contributed by atoms with E-state index in [-0.39, 0.29) is 109 Å². The quantitative estimate of drug-likeness (QED) is 0.0991. The molecular weight excluding hydrogens is 1170 g/mol. The summed E-state index contributed by atoms with van der Waals surface area (Å²) in [7, 11) is 0. The summed E-state index contributed by atoms with van der Waals surface area (Å²) in [5, 5.41) is 1.06. The number of rotatable bonds is 12. The Bertz CT molecular complexity index is 5520. The van der Waals surface area contributed by atoms with Gasteiger partial charge >= 0.3 is 23.6 Å². The standard InChI is InChI=1S/4C16H20N6O/c4*1-11-5-7-22(14(23)8-17-2)9-13(11)21(3)16-12-4-6-18-15(12)19-10-20-16/h4*4,6,10-11,13H,5,7-9H2,1,3H3,(H,18,19,20)/t4*11-,13+/m1111/s1/i1D3,3D3,8D2,10D,11D;3D3,8D2,10D,13D;3D3,8D2,10D,11D;1D3,3D3,8D2,10D. The van der Waals surface area contributed by atoms with E-state index in [9.17, 15) is 19.2 Å². The van der Waals surface area contributed by atoms with Crippen LogP contribution < -0.4 is 19.6 Å². The van der Waals surface area contributed by atoms with Crippen LogP contribution >= 0.6 is 0 Å². The second-order valence-corrected chi connectivity index (χ2v) is 20.9. The summed E-state index contributed by atoms with van der Waals surface area (Å²) in [5.41, 5.74) is 0.812. The number of aromatic amines is 4. The monoisotopic (exact) mass is 1280 g/mol. The Hall–Kier alpha value is -10.5. The zero-order valence-corrected chi connectivity index (χ0v) is 49.1. The zero-order valence-electron chi connectivity index (χ0n) is 82.1. The van der Waals surface area contributed by atoms with E-state index >= 15 is 0 Å². The predicted octanol–water partition coefficient (Wildman–Crippen LogP) is 6.20. The molecule has 4 saturated heterocycles. The van der Waals surface area contributed by atoms with E-state index in [4.69, 9.17) is 71.5 Å². The van der Waals surface area contributed by atoms with Gasteiger partial charge in [-0.1, -0.05) is 27.6 Å². The first-order chi connectivity index (χ1) is 57.3. The van der Waals surface area contributed by atoms with Crippen molar-refractivity contribution in [1.29, 1.82) is 0 Å². The number of likely N-dealkylation sites (tertiary alicyclic amines) is 4. The number of piperidine rings is 4. The molecule has 0 aliphatic carbocycles. The molecule has 4 aliphatic heterocycles. The number of anilines is 4. The van der Waals surface area contributed by atoms with E-state index in [1.54, 1.807) is 26.0 Å². The molecule has 8 atom stereocenters. The molecule has 4 aliphatic rings. The van der Waals surface area contributed by atoms with Crippen LogP contribution in [0.1, 0.15) is 98.5 Å². The number of carbonyl (C=O) groups excluding carboxylic acids is 4. The fourth-order valence-corrected chi connectivity index (χ4v) is 10.5.